The first-order valence-electron chi connectivity index (χ1n) is 9.24. The first-order valence-corrected chi connectivity index (χ1v) is 9.24. The molecule has 132 valence electrons. The van der Waals surface area contributed by atoms with Gasteiger partial charge in [-0.15, -0.1) is 0 Å². The molecule has 0 N–H and O–H groups in total. The second-order valence-electron chi connectivity index (χ2n) is 7.15. The lowest BCUT2D eigenvalue weighted by Gasteiger charge is -2.34. The maximum atomic E-state index is 11.9. The van der Waals surface area contributed by atoms with Gasteiger partial charge in [0.25, 0.3) is 0 Å². The van der Waals surface area contributed by atoms with Crippen LogP contribution in [0.3, 0.4) is 0 Å². The number of carbonyl (C=O) groups is 1. The molecule has 4 rings (SSSR count). The molecule has 2 aliphatic rings. The van der Waals surface area contributed by atoms with Gasteiger partial charge in [-0.3, -0.25) is 9.69 Å². The molecule has 25 heavy (non-hydrogen) atoms. The summed E-state index contributed by atoms with van der Waals surface area (Å²) in [6, 6.07) is 13.0. The summed E-state index contributed by atoms with van der Waals surface area (Å²) >= 11 is 0. The number of rotatable bonds is 4. The predicted molar refractivity (Wildman–Crippen MR) is 95.8 cm³/mol. The Balaban J connectivity index is 1.47. The van der Waals surface area contributed by atoms with E-state index < -0.39 is 0 Å². The predicted octanol–water partition coefficient (Wildman–Crippen LogP) is 3.32. The van der Waals surface area contributed by atoms with Crippen molar-refractivity contribution in [1.82, 2.24) is 15.0 Å². The molecule has 1 aromatic heterocycles. The topological polar surface area (TPSA) is 49.6 Å². The zero-order valence-electron chi connectivity index (χ0n) is 14.7. The van der Waals surface area contributed by atoms with E-state index in [1.807, 2.05) is 36.4 Å². The summed E-state index contributed by atoms with van der Waals surface area (Å²) in [6.07, 6.45) is 4.59. The van der Waals surface area contributed by atoms with Gasteiger partial charge in [0.1, 0.15) is 5.69 Å². The highest BCUT2D eigenvalue weighted by Crippen LogP contribution is 2.31. The van der Waals surface area contributed by atoms with Crippen LogP contribution in [0.5, 0.6) is 0 Å². The minimum atomic E-state index is 0.209. The van der Waals surface area contributed by atoms with E-state index in [0.29, 0.717) is 12.1 Å². The average Bonchev–Trinajstić information content (AvgIpc) is 3.36. The lowest BCUT2D eigenvalue weighted by Crippen LogP contribution is -2.47. The Morgan fingerprint density at radius 3 is 2.72 bits per heavy atom. The van der Waals surface area contributed by atoms with E-state index in [4.69, 9.17) is 4.52 Å². The summed E-state index contributed by atoms with van der Waals surface area (Å²) in [6.45, 7) is 4.44. The van der Waals surface area contributed by atoms with Crippen LogP contribution in [0.25, 0.3) is 11.3 Å². The second-order valence-corrected chi connectivity index (χ2v) is 7.15. The molecule has 0 unspecified atom stereocenters. The van der Waals surface area contributed by atoms with E-state index >= 15 is 0 Å². The van der Waals surface area contributed by atoms with Crippen LogP contribution in [0, 0.1) is 0 Å². The molecule has 0 spiro atoms. The standard InChI is InChI=1S/C20H25N3O2/c1-15(24)23-12-6-10-20(23)19-9-5-11-22(19)14-17-13-18(21-25-17)16-7-3-2-4-8-16/h2-4,7-8,13,19-20H,5-6,9-12,14H2,1H3/t19-,20+/m0/s1. The van der Waals surface area contributed by atoms with Gasteiger partial charge in [-0.1, -0.05) is 35.5 Å². The zero-order chi connectivity index (χ0) is 17.2. The van der Waals surface area contributed by atoms with Crippen LogP contribution in [0.15, 0.2) is 40.9 Å². The van der Waals surface area contributed by atoms with Crippen molar-refractivity contribution in [2.45, 2.75) is 51.2 Å². The van der Waals surface area contributed by atoms with E-state index in [1.54, 1.807) is 6.92 Å². The molecule has 2 aliphatic heterocycles. The lowest BCUT2D eigenvalue weighted by molar-refractivity contribution is -0.130. The average molecular weight is 339 g/mol. The lowest BCUT2D eigenvalue weighted by atomic mass is 10.0. The van der Waals surface area contributed by atoms with Crippen molar-refractivity contribution in [1.29, 1.82) is 0 Å². The van der Waals surface area contributed by atoms with Gasteiger partial charge in [-0.2, -0.15) is 0 Å². The summed E-state index contributed by atoms with van der Waals surface area (Å²) in [5.74, 6) is 1.11. The molecule has 3 heterocycles. The molecule has 0 saturated carbocycles. The summed E-state index contributed by atoms with van der Waals surface area (Å²) in [7, 11) is 0. The van der Waals surface area contributed by atoms with Crippen LogP contribution in [0.1, 0.15) is 38.4 Å². The summed E-state index contributed by atoms with van der Waals surface area (Å²) < 4.78 is 5.59. The molecule has 5 nitrogen and oxygen atoms in total. The SMILES string of the molecule is CC(=O)N1CCC[C@@H]1[C@@H]1CCCN1Cc1cc(-c2ccccc2)no1. The maximum Gasteiger partial charge on any atom is 0.219 e. The molecule has 2 fully saturated rings. The monoisotopic (exact) mass is 339 g/mol. The number of hydrogen-bond donors (Lipinski definition) is 0. The number of carbonyl (C=O) groups excluding carboxylic acids is 1. The van der Waals surface area contributed by atoms with Gasteiger partial charge in [-0.05, 0) is 32.2 Å². The van der Waals surface area contributed by atoms with Gasteiger partial charge in [0.05, 0.1) is 6.54 Å². The first-order chi connectivity index (χ1) is 12.2. The van der Waals surface area contributed by atoms with Crippen LogP contribution >= 0.6 is 0 Å². The molecular weight excluding hydrogens is 314 g/mol. The first kappa shape index (κ1) is 16.3. The minimum Gasteiger partial charge on any atom is -0.359 e. The van der Waals surface area contributed by atoms with Crippen LogP contribution < -0.4 is 0 Å². The summed E-state index contributed by atoms with van der Waals surface area (Å²) in [5, 5.41) is 4.23. The van der Waals surface area contributed by atoms with Gasteiger partial charge in [0, 0.05) is 37.2 Å². The van der Waals surface area contributed by atoms with Crippen molar-refractivity contribution < 1.29 is 9.32 Å². The molecule has 0 radical (unpaired) electrons. The van der Waals surface area contributed by atoms with Crippen molar-refractivity contribution in [2.75, 3.05) is 13.1 Å². The molecule has 0 bridgehead atoms. The van der Waals surface area contributed by atoms with Gasteiger partial charge in [0.2, 0.25) is 5.91 Å². The van der Waals surface area contributed by atoms with Crippen molar-refractivity contribution in [3.63, 3.8) is 0 Å². The minimum absolute atomic E-state index is 0.209. The van der Waals surface area contributed by atoms with E-state index in [-0.39, 0.29) is 5.91 Å². The van der Waals surface area contributed by atoms with E-state index in [2.05, 4.69) is 15.0 Å². The number of amides is 1. The molecule has 2 atom stereocenters. The molecule has 1 amide bonds. The zero-order valence-corrected chi connectivity index (χ0v) is 14.7. The Morgan fingerprint density at radius 2 is 1.92 bits per heavy atom. The van der Waals surface area contributed by atoms with Crippen molar-refractivity contribution >= 4 is 5.91 Å². The van der Waals surface area contributed by atoms with Gasteiger partial charge in [-0.25, -0.2) is 0 Å². The number of nitrogens with zero attached hydrogens (tertiary/aromatic N) is 3. The van der Waals surface area contributed by atoms with Crippen molar-refractivity contribution in [2.24, 2.45) is 0 Å². The number of benzene rings is 1. The van der Waals surface area contributed by atoms with E-state index in [9.17, 15) is 4.79 Å². The Morgan fingerprint density at radius 1 is 1.16 bits per heavy atom. The Kier molecular flexibility index (Phi) is 4.57. The summed E-state index contributed by atoms with van der Waals surface area (Å²) in [4.78, 5) is 16.5. The van der Waals surface area contributed by atoms with E-state index in [0.717, 1.165) is 55.9 Å². The molecular formula is C20H25N3O2. The van der Waals surface area contributed by atoms with Gasteiger partial charge >= 0.3 is 0 Å². The third-order valence-corrected chi connectivity index (χ3v) is 5.55. The number of aromatic nitrogens is 1. The fourth-order valence-electron chi connectivity index (χ4n) is 4.40. The highest BCUT2D eigenvalue weighted by atomic mass is 16.5. The largest absolute Gasteiger partial charge is 0.359 e. The second kappa shape index (κ2) is 7.00. The number of likely N-dealkylation sites (tertiary alicyclic amines) is 2. The molecule has 5 heteroatoms. The molecule has 0 aliphatic carbocycles. The van der Waals surface area contributed by atoms with Gasteiger partial charge < -0.3 is 9.42 Å². The quantitative estimate of drug-likeness (QED) is 0.857. The van der Waals surface area contributed by atoms with Gasteiger partial charge in [0.15, 0.2) is 5.76 Å². The fourth-order valence-corrected chi connectivity index (χ4v) is 4.40. The Labute approximate surface area is 148 Å². The van der Waals surface area contributed by atoms with Crippen LogP contribution in [-0.4, -0.2) is 46.0 Å². The van der Waals surface area contributed by atoms with E-state index in [1.165, 1.54) is 6.42 Å². The highest BCUT2D eigenvalue weighted by Gasteiger charge is 2.38. The van der Waals surface area contributed by atoms with Crippen molar-refractivity contribution in [3.8, 4) is 11.3 Å². The Hall–Kier alpha value is -2.14. The fraction of sp³-hybridized carbons (Fsp3) is 0.500. The third-order valence-electron chi connectivity index (χ3n) is 5.55. The van der Waals surface area contributed by atoms with Crippen LogP contribution in [0.2, 0.25) is 0 Å². The van der Waals surface area contributed by atoms with Crippen LogP contribution in [-0.2, 0) is 11.3 Å². The Bertz CT molecular complexity index is 728. The molecule has 2 saturated heterocycles. The smallest absolute Gasteiger partial charge is 0.219 e. The normalized spacial score (nSPS) is 24.1. The number of hydrogen-bond acceptors (Lipinski definition) is 4. The maximum absolute atomic E-state index is 11.9. The third kappa shape index (κ3) is 3.33. The van der Waals surface area contributed by atoms with Crippen molar-refractivity contribution in [3.05, 3.63) is 42.2 Å². The van der Waals surface area contributed by atoms with Crippen LogP contribution in [0.4, 0.5) is 0 Å². The molecule has 1 aromatic carbocycles. The highest BCUT2D eigenvalue weighted by molar-refractivity contribution is 5.74. The summed E-state index contributed by atoms with van der Waals surface area (Å²) in [5.41, 5.74) is 1.96. The molecule has 2 aromatic rings.